The Morgan fingerprint density at radius 1 is 1.39 bits per heavy atom. The fourth-order valence-corrected chi connectivity index (χ4v) is 1.77. The van der Waals surface area contributed by atoms with Crippen LogP contribution in [0.5, 0.6) is 5.75 Å². The molecule has 0 aliphatic rings. The van der Waals surface area contributed by atoms with Crippen LogP contribution in [0.2, 0.25) is 5.02 Å². The number of hydrogen-bond acceptors (Lipinski definition) is 3. The van der Waals surface area contributed by atoms with Gasteiger partial charge in [0.2, 0.25) is 0 Å². The van der Waals surface area contributed by atoms with Crippen molar-refractivity contribution < 1.29 is 14.6 Å². The molecule has 1 aromatic carbocycles. The highest BCUT2D eigenvalue weighted by Crippen LogP contribution is 2.25. The summed E-state index contributed by atoms with van der Waals surface area (Å²) in [6.45, 7) is 0. The molecule has 0 aliphatic carbocycles. The zero-order valence-corrected chi connectivity index (χ0v) is 10.3. The quantitative estimate of drug-likeness (QED) is 0.924. The number of nitrogens with zero attached hydrogens (tertiary/aromatic N) is 1. The van der Waals surface area contributed by atoms with Crippen molar-refractivity contribution in [3.05, 3.63) is 47.1 Å². The highest BCUT2D eigenvalue weighted by Gasteiger charge is 2.13. The summed E-state index contributed by atoms with van der Waals surface area (Å²) in [6, 6.07) is 8.53. The van der Waals surface area contributed by atoms with Crippen LogP contribution in [0, 0.1) is 0 Å². The van der Waals surface area contributed by atoms with E-state index in [4.69, 9.17) is 21.4 Å². The van der Waals surface area contributed by atoms with E-state index in [1.165, 1.54) is 19.4 Å². The van der Waals surface area contributed by atoms with Crippen LogP contribution >= 0.6 is 11.6 Å². The Balaban J connectivity index is 2.53. The standard InChI is InChI=1S/C13H10ClNO3/c1-18-12-7-15-11(6-10(12)13(16)17)8-3-2-4-9(14)5-8/h2-7H,1H3,(H,16,17). The number of carboxylic acid groups (broad SMARTS) is 1. The number of halogens is 1. The van der Waals surface area contributed by atoms with E-state index in [0.29, 0.717) is 10.7 Å². The van der Waals surface area contributed by atoms with Gasteiger partial charge in [-0.3, -0.25) is 4.98 Å². The predicted octanol–water partition coefficient (Wildman–Crippen LogP) is 3.11. The van der Waals surface area contributed by atoms with Crippen molar-refractivity contribution in [3.63, 3.8) is 0 Å². The van der Waals surface area contributed by atoms with Crippen LogP contribution in [0.4, 0.5) is 0 Å². The Kier molecular flexibility index (Phi) is 3.48. The van der Waals surface area contributed by atoms with Crippen molar-refractivity contribution in [2.24, 2.45) is 0 Å². The van der Waals surface area contributed by atoms with Gasteiger partial charge in [-0.2, -0.15) is 0 Å². The maximum absolute atomic E-state index is 11.1. The van der Waals surface area contributed by atoms with Crippen LogP contribution in [0.25, 0.3) is 11.3 Å². The van der Waals surface area contributed by atoms with Gasteiger partial charge in [-0.1, -0.05) is 23.7 Å². The number of pyridine rings is 1. The molecule has 0 atom stereocenters. The number of aromatic carboxylic acids is 1. The number of carbonyl (C=O) groups is 1. The fourth-order valence-electron chi connectivity index (χ4n) is 1.58. The second-order valence-electron chi connectivity index (χ2n) is 3.59. The summed E-state index contributed by atoms with van der Waals surface area (Å²) in [4.78, 5) is 15.3. The average molecular weight is 264 g/mol. The second-order valence-corrected chi connectivity index (χ2v) is 4.02. The van der Waals surface area contributed by atoms with E-state index in [9.17, 15) is 4.79 Å². The molecule has 0 aliphatic heterocycles. The predicted molar refractivity (Wildman–Crippen MR) is 68.2 cm³/mol. The van der Waals surface area contributed by atoms with E-state index >= 15 is 0 Å². The summed E-state index contributed by atoms with van der Waals surface area (Å²) in [5.74, 6) is -0.828. The molecule has 1 heterocycles. The molecule has 0 radical (unpaired) electrons. The van der Waals surface area contributed by atoms with Crippen molar-refractivity contribution in [2.75, 3.05) is 7.11 Å². The highest BCUT2D eigenvalue weighted by atomic mass is 35.5. The largest absolute Gasteiger partial charge is 0.494 e. The number of methoxy groups -OCH3 is 1. The van der Waals surface area contributed by atoms with Crippen molar-refractivity contribution in [3.8, 4) is 17.0 Å². The summed E-state index contributed by atoms with van der Waals surface area (Å²) in [6.07, 6.45) is 1.39. The zero-order valence-electron chi connectivity index (χ0n) is 9.55. The van der Waals surface area contributed by atoms with E-state index in [0.717, 1.165) is 5.56 Å². The first-order valence-corrected chi connectivity index (χ1v) is 5.53. The highest BCUT2D eigenvalue weighted by molar-refractivity contribution is 6.30. The average Bonchev–Trinajstić information content (AvgIpc) is 2.38. The zero-order chi connectivity index (χ0) is 13.1. The van der Waals surface area contributed by atoms with E-state index in [1.54, 1.807) is 18.2 Å². The monoisotopic (exact) mass is 263 g/mol. The number of ether oxygens (including phenoxy) is 1. The molecule has 0 bridgehead atoms. The topological polar surface area (TPSA) is 59.4 Å². The molecule has 0 unspecified atom stereocenters. The minimum absolute atomic E-state index is 0.0717. The van der Waals surface area contributed by atoms with Crippen LogP contribution in [0.1, 0.15) is 10.4 Å². The van der Waals surface area contributed by atoms with Crippen molar-refractivity contribution in [2.45, 2.75) is 0 Å². The summed E-state index contributed by atoms with van der Waals surface area (Å²) >= 11 is 5.89. The van der Waals surface area contributed by atoms with E-state index in [1.807, 2.05) is 6.07 Å². The van der Waals surface area contributed by atoms with Gasteiger partial charge in [0, 0.05) is 10.6 Å². The Morgan fingerprint density at radius 3 is 2.78 bits per heavy atom. The van der Waals surface area contributed by atoms with Gasteiger partial charge in [-0.05, 0) is 18.2 Å². The molecule has 2 rings (SSSR count). The van der Waals surface area contributed by atoms with E-state index in [2.05, 4.69) is 4.98 Å². The molecule has 0 fully saturated rings. The molecule has 1 aromatic heterocycles. The van der Waals surface area contributed by atoms with Gasteiger partial charge < -0.3 is 9.84 Å². The molecular weight excluding hydrogens is 254 g/mol. The molecule has 0 spiro atoms. The van der Waals surface area contributed by atoms with Crippen LogP contribution in [-0.2, 0) is 0 Å². The van der Waals surface area contributed by atoms with Crippen LogP contribution in [-0.4, -0.2) is 23.2 Å². The minimum atomic E-state index is -1.06. The molecule has 18 heavy (non-hydrogen) atoms. The number of rotatable bonds is 3. The maximum Gasteiger partial charge on any atom is 0.339 e. The molecule has 92 valence electrons. The first-order valence-electron chi connectivity index (χ1n) is 5.15. The molecular formula is C13H10ClNO3. The number of benzene rings is 1. The second kappa shape index (κ2) is 5.06. The van der Waals surface area contributed by atoms with Crippen LogP contribution in [0.15, 0.2) is 36.5 Å². The van der Waals surface area contributed by atoms with Crippen LogP contribution < -0.4 is 4.74 Å². The lowest BCUT2D eigenvalue weighted by atomic mass is 10.1. The first kappa shape index (κ1) is 12.4. The molecule has 2 aromatic rings. The smallest absolute Gasteiger partial charge is 0.339 e. The normalized spacial score (nSPS) is 10.1. The lowest BCUT2D eigenvalue weighted by Gasteiger charge is -2.07. The van der Waals surface area contributed by atoms with Gasteiger partial charge >= 0.3 is 5.97 Å². The number of aromatic nitrogens is 1. The fraction of sp³-hybridized carbons (Fsp3) is 0.0769. The maximum atomic E-state index is 11.1. The van der Waals surface area contributed by atoms with Gasteiger partial charge in [0.1, 0.15) is 5.56 Å². The molecule has 0 amide bonds. The minimum Gasteiger partial charge on any atom is -0.494 e. The third kappa shape index (κ3) is 2.43. The van der Waals surface area contributed by atoms with Gasteiger partial charge in [0.05, 0.1) is 19.0 Å². The number of hydrogen-bond donors (Lipinski definition) is 1. The third-order valence-corrected chi connectivity index (χ3v) is 2.67. The molecule has 4 nitrogen and oxygen atoms in total. The Morgan fingerprint density at radius 2 is 2.17 bits per heavy atom. The van der Waals surface area contributed by atoms with Crippen LogP contribution in [0.3, 0.4) is 0 Å². The van der Waals surface area contributed by atoms with Gasteiger partial charge in [0.15, 0.2) is 5.75 Å². The Labute approximate surface area is 109 Å². The number of carboxylic acids is 1. The first-order chi connectivity index (χ1) is 8.61. The van der Waals surface area contributed by atoms with Crippen molar-refractivity contribution in [1.82, 2.24) is 4.98 Å². The lowest BCUT2D eigenvalue weighted by Crippen LogP contribution is -2.02. The molecule has 1 N–H and O–H groups in total. The van der Waals surface area contributed by atoms with Gasteiger partial charge in [-0.15, -0.1) is 0 Å². The summed E-state index contributed by atoms with van der Waals surface area (Å²) < 4.78 is 4.95. The van der Waals surface area contributed by atoms with Crippen molar-refractivity contribution >= 4 is 17.6 Å². The molecule has 0 saturated carbocycles. The Bertz CT molecular complexity index is 599. The van der Waals surface area contributed by atoms with Gasteiger partial charge in [-0.25, -0.2) is 4.79 Å². The third-order valence-electron chi connectivity index (χ3n) is 2.44. The molecule has 0 saturated heterocycles. The van der Waals surface area contributed by atoms with E-state index < -0.39 is 5.97 Å². The summed E-state index contributed by atoms with van der Waals surface area (Å²) in [7, 11) is 1.41. The Hall–Kier alpha value is -2.07. The summed E-state index contributed by atoms with van der Waals surface area (Å²) in [5, 5.41) is 9.66. The SMILES string of the molecule is COc1cnc(-c2cccc(Cl)c2)cc1C(=O)O. The summed E-state index contributed by atoms with van der Waals surface area (Å²) in [5.41, 5.74) is 1.37. The van der Waals surface area contributed by atoms with Crippen molar-refractivity contribution in [1.29, 1.82) is 0 Å². The van der Waals surface area contributed by atoms with E-state index in [-0.39, 0.29) is 11.3 Å². The molecule has 5 heteroatoms. The van der Waals surface area contributed by atoms with Gasteiger partial charge in [0.25, 0.3) is 0 Å². The lowest BCUT2D eigenvalue weighted by molar-refractivity contribution is 0.0693.